The molecule has 28 heavy (non-hydrogen) atoms. The van der Waals surface area contributed by atoms with Crippen LogP contribution in [0.25, 0.3) is 11.4 Å². The van der Waals surface area contributed by atoms with E-state index in [1.807, 2.05) is 31.2 Å². The zero-order valence-electron chi connectivity index (χ0n) is 14.9. The Kier molecular flexibility index (Phi) is 5.39. The van der Waals surface area contributed by atoms with Crippen molar-refractivity contribution in [1.82, 2.24) is 20.2 Å². The second-order valence-electron chi connectivity index (χ2n) is 5.86. The third-order valence-electron chi connectivity index (χ3n) is 3.78. The number of carbonyl (C=O) groups excluding carboxylic acids is 2. The Hall–Kier alpha value is -3.69. The zero-order chi connectivity index (χ0) is 20.3. The van der Waals surface area contributed by atoms with Crippen LogP contribution in [0.2, 0.25) is 0 Å². The third kappa shape index (κ3) is 4.17. The van der Waals surface area contributed by atoms with Gasteiger partial charge in [0, 0.05) is 11.6 Å². The van der Waals surface area contributed by atoms with E-state index < -0.39 is 29.1 Å². The first kappa shape index (κ1) is 19.1. The molecule has 0 bridgehead atoms. The smallest absolute Gasteiger partial charge is 0.340 e. The lowest BCUT2D eigenvalue weighted by molar-refractivity contribution is -0.117. The van der Waals surface area contributed by atoms with Crippen LogP contribution in [0.4, 0.5) is 14.5 Å². The van der Waals surface area contributed by atoms with E-state index in [2.05, 4.69) is 25.5 Å². The third-order valence-corrected chi connectivity index (χ3v) is 3.78. The largest absolute Gasteiger partial charge is 0.465 e. The van der Waals surface area contributed by atoms with Gasteiger partial charge in [0.2, 0.25) is 11.7 Å². The van der Waals surface area contributed by atoms with Crippen molar-refractivity contribution in [1.29, 1.82) is 0 Å². The van der Waals surface area contributed by atoms with E-state index in [1.165, 1.54) is 0 Å². The van der Waals surface area contributed by atoms with Crippen molar-refractivity contribution < 1.29 is 23.1 Å². The predicted octanol–water partition coefficient (Wildman–Crippen LogP) is 2.35. The molecule has 1 N–H and O–H groups in total. The van der Waals surface area contributed by atoms with Crippen molar-refractivity contribution in [2.75, 3.05) is 12.4 Å². The summed E-state index contributed by atoms with van der Waals surface area (Å²) in [6, 6.07) is 8.77. The Balaban J connectivity index is 1.73. The lowest BCUT2D eigenvalue weighted by Gasteiger charge is -2.08. The molecule has 1 heterocycles. The van der Waals surface area contributed by atoms with E-state index in [4.69, 9.17) is 0 Å². The molecule has 1 amide bonds. The second kappa shape index (κ2) is 7.91. The molecule has 0 saturated heterocycles. The van der Waals surface area contributed by atoms with Gasteiger partial charge in [-0.1, -0.05) is 29.8 Å². The number of aryl methyl sites for hydroxylation is 1. The number of rotatable bonds is 5. The van der Waals surface area contributed by atoms with Gasteiger partial charge < -0.3 is 10.1 Å². The van der Waals surface area contributed by atoms with Crippen LogP contribution in [-0.2, 0) is 16.1 Å². The Labute approximate surface area is 158 Å². The highest BCUT2D eigenvalue weighted by molar-refractivity contribution is 5.94. The quantitative estimate of drug-likeness (QED) is 0.675. The monoisotopic (exact) mass is 387 g/mol. The number of benzene rings is 2. The van der Waals surface area contributed by atoms with Gasteiger partial charge in [0.15, 0.2) is 0 Å². The molecule has 10 heteroatoms. The van der Waals surface area contributed by atoms with Crippen LogP contribution in [0.15, 0.2) is 36.4 Å². The SMILES string of the molecule is COC(=O)c1cc(NC(=O)Cn2nnc(-c3ccc(C)cc3)n2)c(F)cc1F. The number of anilines is 1. The van der Waals surface area contributed by atoms with Gasteiger partial charge in [0.25, 0.3) is 0 Å². The molecule has 1 aromatic heterocycles. The second-order valence-corrected chi connectivity index (χ2v) is 5.86. The summed E-state index contributed by atoms with van der Waals surface area (Å²) < 4.78 is 32.0. The average Bonchev–Trinajstić information content (AvgIpc) is 3.12. The van der Waals surface area contributed by atoms with Crippen molar-refractivity contribution in [3.63, 3.8) is 0 Å². The molecule has 0 saturated carbocycles. The minimum Gasteiger partial charge on any atom is -0.465 e. The maximum atomic E-state index is 13.9. The molecule has 3 aromatic rings. The van der Waals surface area contributed by atoms with Crippen LogP contribution >= 0.6 is 0 Å². The number of tetrazole rings is 1. The Morgan fingerprint density at radius 1 is 1.14 bits per heavy atom. The Bertz CT molecular complexity index is 1030. The fourth-order valence-electron chi connectivity index (χ4n) is 2.36. The minimum atomic E-state index is -1.09. The molecule has 0 aliphatic carbocycles. The number of amides is 1. The molecule has 0 spiro atoms. The number of methoxy groups -OCH3 is 1. The zero-order valence-corrected chi connectivity index (χ0v) is 14.9. The lowest BCUT2D eigenvalue weighted by atomic mass is 10.1. The fraction of sp³-hybridized carbons (Fsp3) is 0.167. The van der Waals surface area contributed by atoms with Gasteiger partial charge in [-0.2, -0.15) is 4.80 Å². The van der Waals surface area contributed by atoms with Gasteiger partial charge in [0.05, 0.1) is 18.4 Å². The molecule has 0 aliphatic rings. The summed E-state index contributed by atoms with van der Waals surface area (Å²) in [7, 11) is 1.06. The summed E-state index contributed by atoms with van der Waals surface area (Å²) in [4.78, 5) is 24.7. The van der Waals surface area contributed by atoms with Crippen molar-refractivity contribution in [3.05, 3.63) is 59.2 Å². The number of hydrogen-bond donors (Lipinski definition) is 1. The summed E-state index contributed by atoms with van der Waals surface area (Å²) in [6.45, 7) is 1.59. The molecule has 144 valence electrons. The number of carbonyl (C=O) groups is 2. The van der Waals surface area contributed by atoms with Gasteiger partial charge in [-0.15, -0.1) is 10.2 Å². The van der Waals surface area contributed by atoms with Crippen LogP contribution in [0.3, 0.4) is 0 Å². The highest BCUT2D eigenvalue weighted by Gasteiger charge is 2.18. The van der Waals surface area contributed by atoms with E-state index in [0.29, 0.717) is 11.9 Å². The van der Waals surface area contributed by atoms with Crippen molar-refractivity contribution in [2.45, 2.75) is 13.5 Å². The number of nitrogens with zero attached hydrogens (tertiary/aromatic N) is 4. The van der Waals surface area contributed by atoms with E-state index in [9.17, 15) is 18.4 Å². The average molecular weight is 387 g/mol. The van der Waals surface area contributed by atoms with E-state index in [0.717, 1.165) is 29.1 Å². The van der Waals surface area contributed by atoms with Crippen LogP contribution in [0.1, 0.15) is 15.9 Å². The Morgan fingerprint density at radius 2 is 1.86 bits per heavy atom. The van der Waals surface area contributed by atoms with E-state index in [-0.39, 0.29) is 12.2 Å². The standard InChI is InChI=1S/C18H15F2N5O3/c1-10-3-5-11(6-4-10)17-22-24-25(23-17)9-16(26)21-15-7-12(18(27)28-2)13(19)8-14(15)20/h3-8H,9H2,1-2H3,(H,21,26). The highest BCUT2D eigenvalue weighted by atomic mass is 19.1. The van der Waals surface area contributed by atoms with Crippen LogP contribution < -0.4 is 5.32 Å². The minimum absolute atomic E-state index is 0.328. The number of esters is 1. The summed E-state index contributed by atoms with van der Waals surface area (Å²) >= 11 is 0. The lowest BCUT2D eigenvalue weighted by Crippen LogP contribution is -2.21. The maximum Gasteiger partial charge on any atom is 0.340 e. The summed E-state index contributed by atoms with van der Waals surface area (Å²) in [5.41, 5.74) is 0.929. The number of hydrogen-bond acceptors (Lipinski definition) is 6. The molecule has 0 atom stereocenters. The van der Waals surface area contributed by atoms with Crippen molar-refractivity contribution >= 4 is 17.6 Å². The van der Waals surface area contributed by atoms with Crippen LogP contribution in [0.5, 0.6) is 0 Å². The first-order chi connectivity index (χ1) is 13.4. The Morgan fingerprint density at radius 3 is 2.54 bits per heavy atom. The summed E-state index contributed by atoms with van der Waals surface area (Å²) in [5, 5.41) is 14.0. The maximum absolute atomic E-state index is 13.9. The molecule has 8 nitrogen and oxygen atoms in total. The normalized spacial score (nSPS) is 10.6. The van der Waals surface area contributed by atoms with E-state index in [1.54, 1.807) is 0 Å². The van der Waals surface area contributed by atoms with Gasteiger partial charge in [0.1, 0.15) is 18.2 Å². The topological polar surface area (TPSA) is 99.0 Å². The van der Waals surface area contributed by atoms with Gasteiger partial charge in [-0.25, -0.2) is 13.6 Å². The molecule has 3 rings (SSSR count). The van der Waals surface area contributed by atoms with Gasteiger partial charge >= 0.3 is 5.97 Å². The van der Waals surface area contributed by atoms with Crippen LogP contribution in [-0.4, -0.2) is 39.2 Å². The van der Waals surface area contributed by atoms with E-state index >= 15 is 0 Å². The van der Waals surface area contributed by atoms with Crippen molar-refractivity contribution in [3.8, 4) is 11.4 Å². The van der Waals surface area contributed by atoms with Gasteiger partial charge in [-0.05, 0) is 18.2 Å². The number of aromatic nitrogens is 4. The molecule has 0 aliphatic heterocycles. The highest BCUT2D eigenvalue weighted by Crippen LogP contribution is 2.20. The number of halogens is 2. The molecule has 0 fully saturated rings. The predicted molar refractivity (Wildman–Crippen MR) is 94.3 cm³/mol. The van der Waals surface area contributed by atoms with Crippen LogP contribution in [0, 0.1) is 18.6 Å². The number of ether oxygens (including phenoxy) is 1. The molecule has 2 aromatic carbocycles. The summed E-state index contributed by atoms with van der Waals surface area (Å²) in [6.07, 6.45) is 0. The number of nitrogens with one attached hydrogen (secondary N) is 1. The molecular formula is C18H15F2N5O3. The molecule has 0 radical (unpaired) electrons. The summed E-state index contributed by atoms with van der Waals surface area (Å²) in [5.74, 6) is -3.48. The first-order valence-corrected chi connectivity index (χ1v) is 8.09. The first-order valence-electron chi connectivity index (χ1n) is 8.09. The van der Waals surface area contributed by atoms with Gasteiger partial charge in [-0.3, -0.25) is 4.79 Å². The fourth-order valence-corrected chi connectivity index (χ4v) is 2.36. The molecule has 0 unspecified atom stereocenters. The molecular weight excluding hydrogens is 372 g/mol. The van der Waals surface area contributed by atoms with Crippen molar-refractivity contribution in [2.24, 2.45) is 0 Å².